The van der Waals surface area contributed by atoms with E-state index in [2.05, 4.69) is 22.2 Å². The van der Waals surface area contributed by atoms with E-state index in [4.69, 9.17) is 21.7 Å². The lowest BCUT2D eigenvalue weighted by Gasteiger charge is -2.11. The van der Waals surface area contributed by atoms with Gasteiger partial charge in [0.1, 0.15) is 6.20 Å². The molecule has 0 aliphatic carbocycles. The Morgan fingerprint density at radius 2 is 2.21 bits per heavy atom. The van der Waals surface area contributed by atoms with Crippen LogP contribution in [0.2, 0.25) is 0 Å². The number of ether oxygens (including phenoxy) is 2. The van der Waals surface area contributed by atoms with E-state index in [1.54, 1.807) is 13.2 Å². The van der Waals surface area contributed by atoms with Crippen molar-refractivity contribution in [2.75, 3.05) is 13.7 Å². The van der Waals surface area contributed by atoms with Crippen LogP contribution in [0.4, 0.5) is 0 Å². The third-order valence-corrected chi connectivity index (χ3v) is 3.52. The van der Waals surface area contributed by atoms with Gasteiger partial charge in [0.15, 0.2) is 11.5 Å². The van der Waals surface area contributed by atoms with Crippen molar-refractivity contribution in [3.05, 3.63) is 45.1 Å². The van der Waals surface area contributed by atoms with Crippen LogP contribution in [0.15, 0.2) is 34.3 Å². The molecule has 0 saturated carbocycles. The van der Waals surface area contributed by atoms with Crippen LogP contribution in [0.25, 0.3) is 0 Å². The zero-order chi connectivity index (χ0) is 17.4. The van der Waals surface area contributed by atoms with Crippen LogP contribution in [0.1, 0.15) is 31.7 Å². The van der Waals surface area contributed by atoms with E-state index in [0.717, 1.165) is 35.7 Å². The number of H-pyrrole nitrogens is 1. The van der Waals surface area contributed by atoms with Crippen LogP contribution in [0.3, 0.4) is 0 Å². The maximum absolute atomic E-state index is 11.7. The SMILES string of the molecule is CCCCCOc1ccc(/C=N/n2c(=O)cn[nH]c2=S)cc1OC. The number of aromatic nitrogens is 3. The lowest BCUT2D eigenvalue weighted by molar-refractivity contribution is 0.286. The molecule has 2 aromatic rings. The first-order valence-electron chi connectivity index (χ1n) is 7.67. The molecular formula is C16H20N4O3S. The van der Waals surface area contributed by atoms with Crippen LogP contribution in [-0.4, -0.2) is 34.8 Å². The molecule has 1 heterocycles. The molecule has 1 aromatic heterocycles. The first-order valence-corrected chi connectivity index (χ1v) is 8.08. The van der Waals surface area contributed by atoms with Gasteiger partial charge < -0.3 is 9.47 Å². The predicted octanol–water partition coefficient (Wildman–Crippen LogP) is 2.76. The van der Waals surface area contributed by atoms with Gasteiger partial charge in [0.2, 0.25) is 4.77 Å². The first-order chi connectivity index (χ1) is 11.7. The van der Waals surface area contributed by atoms with E-state index in [9.17, 15) is 4.79 Å². The summed E-state index contributed by atoms with van der Waals surface area (Å²) in [5.74, 6) is 1.30. The van der Waals surface area contributed by atoms with Gasteiger partial charge in [0.05, 0.1) is 19.9 Å². The Labute approximate surface area is 144 Å². The standard InChI is InChI=1S/C16H20N4O3S/c1-3-4-5-8-23-13-7-6-12(9-14(13)22-2)10-18-20-15(21)11-17-19-16(20)24/h6-7,9-11H,3-5,8H2,1-2H3,(H,19,24)/b18-10+. The van der Waals surface area contributed by atoms with Gasteiger partial charge >= 0.3 is 0 Å². The Bertz CT molecular complexity index is 785. The van der Waals surface area contributed by atoms with Crippen molar-refractivity contribution in [2.24, 2.45) is 5.10 Å². The third-order valence-electron chi connectivity index (χ3n) is 3.25. The summed E-state index contributed by atoms with van der Waals surface area (Å²) in [5, 5.41) is 10.2. The van der Waals surface area contributed by atoms with Crippen molar-refractivity contribution in [1.29, 1.82) is 0 Å². The average Bonchev–Trinajstić information content (AvgIpc) is 2.59. The number of nitrogens with one attached hydrogen (secondary N) is 1. The zero-order valence-corrected chi connectivity index (χ0v) is 14.5. The van der Waals surface area contributed by atoms with Crippen molar-refractivity contribution in [3.63, 3.8) is 0 Å². The maximum atomic E-state index is 11.7. The molecule has 128 valence electrons. The van der Waals surface area contributed by atoms with Crippen LogP contribution in [0, 0.1) is 4.77 Å². The normalized spacial score (nSPS) is 10.9. The Morgan fingerprint density at radius 3 is 2.92 bits per heavy atom. The Kier molecular flexibility index (Phi) is 6.68. The van der Waals surface area contributed by atoms with Gasteiger partial charge in [-0.15, -0.1) is 0 Å². The molecule has 8 heteroatoms. The Hall–Kier alpha value is -2.48. The summed E-state index contributed by atoms with van der Waals surface area (Å²) in [6, 6.07) is 5.44. The minimum absolute atomic E-state index is 0.126. The van der Waals surface area contributed by atoms with E-state index in [1.807, 2.05) is 12.1 Å². The molecule has 2 rings (SSSR count). The van der Waals surface area contributed by atoms with Gasteiger partial charge in [-0.05, 0) is 42.4 Å². The molecule has 0 saturated heterocycles. The zero-order valence-electron chi connectivity index (χ0n) is 13.7. The number of unbranched alkanes of at least 4 members (excludes halogenated alkanes) is 2. The Morgan fingerprint density at radius 1 is 1.38 bits per heavy atom. The summed E-state index contributed by atoms with van der Waals surface area (Å²) in [5.41, 5.74) is 0.351. The molecule has 0 unspecified atom stereocenters. The van der Waals surface area contributed by atoms with Crippen LogP contribution in [-0.2, 0) is 0 Å². The summed E-state index contributed by atoms with van der Waals surface area (Å²) in [6.07, 6.45) is 5.92. The second kappa shape index (κ2) is 8.97. The molecule has 0 radical (unpaired) electrons. The highest BCUT2D eigenvalue weighted by Gasteiger charge is 2.05. The smallest absolute Gasteiger partial charge is 0.293 e. The fraction of sp³-hybridized carbons (Fsp3) is 0.375. The van der Waals surface area contributed by atoms with E-state index < -0.39 is 5.56 Å². The number of hydrogen-bond donors (Lipinski definition) is 1. The minimum Gasteiger partial charge on any atom is -0.493 e. The Balaban J connectivity index is 2.16. The highest BCUT2D eigenvalue weighted by molar-refractivity contribution is 7.71. The molecule has 7 nitrogen and oxygen atoms in total. The maximum Gasteiger partial charge on any atom is 0.293 e. The lowest BCUT2D eigenvalue weighted by Crippen LogP contribution is -2.18. The number of rotatable bonds is 8. The van der Waals surface area contributed by atoms with Crippen LogP contribution >= 0.6 is 12.2 Å². The summed E-state index contributed by atoms with van der Waals surface area (Å²) >= 11 is 4.98. The molecular weight excluding hydrogens is 328 g/mol. The molecule has 1 aromatic carbocycles. The largest absolute Gasteiger partial charge is 0.493 e. The molecule has 24 heavy (non-hydrogen) atoms. The number of aromatic amines is 1. The monoisotopic (exact) mass is 348 g/mol. The van der Waals surface area contributed by atoms with Gasteiger partial charge in [0.25, 0.3) is 5.56 Å². The van der Waals surface area contributed by atoms with Crippen LogP contribution in [0.5, 0.6) is 11.5 Å². The molecule has 0 amide bonds. The van der Waals surface area contributed by atoms with Crippen molar-refractivity contribution in [2.45, 2.75) is 26.2 Å². The van der Waals surface area contributed by atoms with Crippen molar-refractivity contribution in [1.82, 2.24) is 14.9 Å². The highest BCUT2D eigenvalue weighted by atomic mass is 32.1. The molecule has 0 aliphatic heterocycles. The lowest BCUT2D eigenvalue weighted by atomic mass is 10.2. The van der Waals surface area contributed by atoms with Gasteiger partial charge in [-0.3, -0.25) is 9.89 Å². The second-order valence-corrected chi connectivity index (χ2v) is 5.42. The summed E-state index contributed by atoms with van der Waals surface area (Å²) < 4.78 is 12.3. The van der Waals surface area contributed by atoms with E-state index in [0.29, 0.717) is 18.1 Å². The van der Waals surface area contributed by atoms with Crippen LogP contribution < -0.4 is 15.0 Å². The quantitative estimate of drug-likeness (QED) is 0.451. The average molecular weight is 348 g/mol. The minimum atomic E-state index is -0.405. The topological polar surface area (TPSA) is 81.5 Å². The summed E-state index contributed by atoms with van der Waals surface area (Å²) in [7, 11) is 1.58. The van der Waals surface area contributed by atoms with Crippen molar-refractivity contribution >= 4 is 18.4 Å². The van der Waals surface area contributed by atoms with Gasteiger partial charge in [0, 0.05) is 0 Å². The molecule has 1 N–H and O–H groups in total. The van der Waals surface area contributed by atoms with E-state index in [1.165, 1.54) is 6.21 Å². The number of nitrogens with zero attached hydrogens (tertiary/aromatic N) is 3. The second-order valence-electron chi connectivity index (χ2n) is 5.04. The fourth-order valence-electron chi connectivity index (χ4n) is 2.00. The first kappa shape index (κ1) is 17.9. The summed E-state index contributed by atoms with van der Waals surface area (Å²) in [4.78, 5) is 11.7. The van der Waals surface area contributed by atoms with Gasteiger partial charge in [-0.2, -0.15) is 14.9 Å². The number of benzene rings is 1. The van der Waals surface area contributed by atoms with Crippen molar-refractivity contribution < 1.29 is 9.47 Å². The van der Waals surface area contributed by atoms with E-state index >= 15 is 0 Å². The molecule has 0 spiro atoms. The molecule has 0 fully saturated rings. The van der Waals surface area contributed by atoms with Gasteiger partial charge in [-0.1, -0.05) is 19.8 Å². The summed E-state index contributed by atoms with van der Waals surface area (Å²) in [6.45, 7) is 2.80. The molecule has 0 aliphatic rings. The highest BCUT2D eigenvalue weighted by Crippen LogP contribution is 2.27. The fourth-order valence-corrected chi connectivity index (χ4v) is 2.19. The molecule has 0 atom stereocenters. The molecule has 0 bridgehead atoms. The third kappa shape index (κ3) is 4.76. The number of methoxy groups -OCH3 is 1. The van der Waals surface area contributed by atoms with Crippen molar-refractivity contribution in [3.8, 4) is 11.5 Å². The predicted molar refractivity (Wildman–Crippen MR) is 94.7 cm³/mol. The van der Waals surface area contributed by atoms with E-state index in [-0.39, 0.29) is 4.77 Å². The van der Waals surface area contributed by atoms with Gasteiger partial charge in [-0.25, -0.2) is 0 Å². The number of hydrogen-bond acceptors (Lipinski definition) is 6.